The molecule has 5 heteroatoms. The SMILES string of the molecule is CN1CCC(CCNC(=O)C2CSCCN2)CC1. The summed E-state index contributed by atoms with van der Waals surface area (Å²) >= 11 is 1.86. The number of carbonyl (C=O) groups is 1. The Morgan fingerprint density at radius 3 is 2.89 bits per heavy atom. The van der Waals surface area contributed by atoms with E-state index in [0.717, 1.165) is 36.9 Å². The fourth-order valence-electron chi connectivity index (χ4n) is 2.61. The van der Waals surface area contributed by atoms with Crippen LogP contribution in [0.3, 0.4) is 0 Å². The van der Waals surface area contributed by atoms with Gasteiger partial charge in [-0.1, -0.05) is 0 Å². The highest BCUT2D eigenvalue weighted by molar-refractivity contribution is 7.99. The zero-order valence-corrected chi connectivity index (χ0v) is 12.1. The molecule has 2 aliphatic rings. The van der Waals surface area contributed by atoms with E-state index >= 15 is 0 Å². The van der Waals surface area contributed by atoms with E-state index in [-0.39, 0.29) is 11.9 Å². The van der Waals surface area contributed by atoms with Crippen molar-refractivity contribution in [3.8, 4) is 0 Å². The molecule has 2 heterocycles. The third-order valence-electron chi connectivity index (χ3n) is 3.93. The second kappa shape index (κ2) is 7.36. The second-order valence-corrected chi connectivity index (χ2v) is 6.56. The number of amides is 1. The standard InChI is InChI=1S/C13H25N3OS/c1-16-7-3-11(4-8-16)2-5-15-13(17)12-10-18-9-6-14-12/h11-12,14H,2-10H2,1H3,(H,15,17). The van der Waals surface area contributed by atoms with Crippen LogP contribution in [-0.2, 0) is 4.79 Å². The van der Waals surface area contributed by atoms with Crippen molar-refractivity contribution in [3.63, 3.8) is 0 Å². The predicted molar refractivity (Wildman–Crippen MR) is 77.0 cm³/mol. The van der Waals surface area contributed by atoms with Crippen LogP contribution >= 0.6 is 11.8 Å². The Morgan fingerprint density at radius 1 is 1.44 bits per heavy atom. The maximum absolute atomic E-state index is 11.9. The molecular weight excluding hydrogens is 246 g/mol. The molecule has 2 fully saturated rings. The minimum absolute atomic E-state index is 0.0289. The van der Waals surface area contributed by atoms with Crippen molar-refractivity contribution >= 4 is 17.7 Å². The first-order valence-electron chi connectivity index (χ1n) is 7.03. The largest absolute Gasteiger partial charge is 0.355 e. The number of nitrogens with one attached hydrogen (secondary N) is 2. The number of thioether (sulfide) groups is 1. The Labute approximate surface area is 114 Å². The third kappa shape index (κ3) is 4.44. The van der Waals surface area contributed by atoms with E-state index in [2.05, 4.69) is 22.6 Å². The summed E-state index contributed by atoms with van der Waals surface area (Å²) < 4.78 is 0. The molecule has 0 aromatic rings. The lowest BCUT2D eigenvalue weighted by atomic mass is 9.94. The van der Waals surface area contributed by atoms with Crippen molar-refractivity contribution in [1.82, 2.24) is 15.5 Å². The first-order chi connectivity index (χ1) is 8.75. The number of hydrogen-bond acceptors (Lipinski definition) is 4. The number of carbonyl (C=O) groups excluding carboxylic acids is 1. The summed E-state index contributed by atoms with van der Waals surface area (Å²) in [5.41, 5.74) is 0. The van der Waals surface area contributed by atoms with Crippen LogP contribution in [0.25, 0.3) is 0 Å². The fourth-order valence-corrected chi connectivity index (χ4v) is 3.54. The first kappa shape index (κ1) is 14.2. The van der Waals surface area contributed by atoms with Gasteiger partial charge < -0.3 is 15.5 Å². The van der Waals surface area contributed by atoms with Crippen LogP contribution in [0.2, 0.25) is 0 Å². The molecule has 104 valence electrons. The summed E-state index contributed by atoms with van der Waals surface area (Å²) in [5, 5.41) is 6.36. The molecule has 0 saturated carbocycles. The van der Waals surface area contributed by atoms with Gasteiger partial charge in [0.25, 0.3) is 0 Å². The number of rotatable bonds is 4. The lowest BCUT2D eigenvalue weighted by Gasteiger charge is -2.29. The molecular formula is C13H25N3OS. The van der Waals surface area contributed by atoms with Gasteiger partial charge in [-0.2, -0.15) is 11.8 Å². The highest BCUT2D eigenvalue weighted by Gasteiger charge is 2.21. The summed E-state index contributed by atoms with van der Waals surface area (Å²) in [6, 6.07) is 0.0289. The van der Waals surface area contributed by atoms with Crippen LogP contribution in [0.1, 0.15) is 19.3 Å². The zero-order chi connectivity index (χ0) is 12.8. The predicted octanol–water partition coefficient (Wildman–Crippen LogP) is 0.540. The highest BCUT2D eigenvalue weighted by atomic mass is 32.2. The van der Waals surface area contributed by atoms with Gasteiger partial charge in [0.05, 0.1) is 6.04 Å². The molecule has 2 rings (SSSR count). The first-order valence-corrected chi connectivity index (χ1v) is 8.18. The monoisotopic (exact) mass is 271 g/mol. The summed E-state index contributed by atoms with van der Waals surface area (Å²) in [4.78, 5) is 14.3. The number of hydrogen-bond donors (Lipinski definition) is 2. The van der Waals surface area contributed by atoms with E-state index in [1.165, 1.54) is 25.9 Å². The Kier molecular flexibility index (Phi) is 5.79. The molecule has 0 aromatic carbocycles. The van der Waals surface area contributed by atoms with Gasteiger partial charge in [-0.05, 0) is 45.3 Å². The molecule has 0 aliphatic carbocycles. The minimum atomic E-state index is 0.0289. The molecule has 1 unspecified atom stereocenters. The maximum Gasteiger partial charge on any atom is 0.237 e. The van der Waals surface area contributed by atoms with Gasteiger partial charge in [-0.15, -0.1) is 0 Å². The molecule has 0 radical (unpaired) electrons. The van der Waals surface area contributed by atoms with Crippen molar-refractivity contribution in [1.29, 1.82) is 0 Å². The molecule has 2 aliphatic heterocycles. The number of likely N-dealkylation sites (tertiary alicyclic amines) is 1. The van der Waals surface area contributed by atoms with Crippen LogP contribution in [-0.4, -0.2) is 61.6 Å². The van der Waals surface area contributed by atoms with E-state index in [9.17, 15) is 4.79 Å². The van der Waals surface area contributed by atoms with Crippen molar-refractivity contribution in [3.05, 3.63) is 0 Å². The second-order valence-electron chi connectivity index (χ2n) is 5.41. The third-order valence-corrected chi connectivity index (χ3v) is 4.99. The van der Waals surface area contributed by atoms with Crippen molar-refractivity contribution in [2.45, 2.75) is 25.3 Å². The molecule has 1 atom stereocenters. The molecule has 0 aromatic heterocycles. The summed E-state index contributed by atoms with van der Waals surface area (Å²) in [5.74, 6) is 3.03. The van der Waals surface area contributed by atoms with Crippen molar-refractivity contribution in [2.75, 3.05) is 44.7 Å². The smallest absolute Gasteiger partial charge is 0.237 e. The van der Waals surface area contributed by atoms with E-state index in [4.69, 9.17) is 0 Å². The van der Waals surface area contributed by atoms with Crippen LogP contribution in [0.15, 0.2) is 0 Å². The maximum atomic E-state index is 11.9. The molecule has 0 spiro atoms. The molecule has 2 N–H and O–H groups in total. The van der Waals surface area contributed by atoms with Gasteiger partial charge in [0.2, 0.25) is 5.91 Å². The van der Waals surface area contributed by atoms with E-state index < -0.39 is 0 Å². The zero-order valence-electron chi connectivity index (χ0n) is 11.3. The number of piperidine rings is 1. The van der Waals surface area contributed by atoms with Crippen LogP contribution in [0, 0.1) is 5.92 Å². The van der Waals surface area contributed by atoms with Crippen molar-refractivity contribution in [2.24, 2.45) is 5.92 Å². The summed E-state index contributed by atoms with van der Waals surface area (Å²) in [7, 11) is 2.18. The molecule has 4 nitrogen and oxygen atoms in total. The van der Waals surface area contributed by atoms with Gasteiger partial charge in [-0.3, -0.25) is 4.79 Å². The molecule has 18 heavy (non-hydrogen) atoms. The average molecular weight is 271 g/mol. The number of nitrogens with zero attached hydrogens (tertiary/aromatic N) is 1. The quantitative estimate of drug-likeness (QED) is 0.783. The van der Waals surface area contributed by atoms with E-state index in [1.54, 1.807) is 0 Å². The van der Waals surface area contributed by atoms with Gasteiger partial charge >= 0.3 is 0 Å². The van der Waals surface area contributed by atoms with E-state index in [0.29, 0.717) is 0 Å². The van der Waals surface area contributed by atoms with Crippen molar-refractivity contribution < 1.29 is 4.79 Å². The summed E-state index contributed by atoms with van der Waals surface area (Å²) in [6.07, 6.45) is 3.70. The summed E-state index contributed by atoms with van der Waals surface area (Å²) in [6.45, 7) is 4.21. The lowest BCUT2D eigenvalue weighted by Crippen LogP contribution is -2.49. The molecule has 1 amide bonds. The van der Waals surface area contributed by atoms with Gasteiger partial charge in [-0.25, -0.2) is 0 Å². The van der Waals surface area contributed by atoms with E-state index in [1.807, 2.05) is 11.8 Å². The molecule has 2 saturated heterocycles. The van der Waals surface area contributed by atoms with Gasteiger partial charge in [0.1, 0.15) is 0 Å². The molecule has 0 bridgehead atoms. The minimum Gasteiger partial charge on any atom is -0.355 e. The highest BCUT2D eigenvalue weighted by Crippen LogP contribution is 2.18. The fraction of sp³-hybridized carbons (Fsp3) is 0.923. The Balaban J connectivity index is 1.58. The van der Waals surface area contributed by atoms with Crippen LogP contribution in [0.5, 0.6) is 0 Å². The van der Waals surface area contributed by atoms with Crippen LogP contribution in [0.4, 0.5) is 0 Å². The topological polar surface area (TPSA) is 44.4 Å². The lowest BCUT2D eigenvalue weighted by molar-refractivity contribution is -0.122. The Morgan fingerprint density at radius 2 is 2.22 bits per heavy atom. The Hall–Kier alpha value is -0.260. The Bertz CT molecular complexity index is 261. The van der Waals surface area contributed by atoms with Crippen LogP contribution < -0.4 is 10.6 Å². The normalized spacial score (nSPS) is 27.1. The van der Waals surface area contributed by atoms with Gasteiger partial charge in [0.15, 0.2) is 0 Å². The van der Waals surface area contributed by atoms with Gasteiger partial charge in [0, 0.05) is 24.6 Å². The average Bonchev–Trinajstić information content (AvgIpc) is 2.42.